The molecule has 0 aromatic carbocycles. The zero-order valence-electron chi connectivity index (χ0n) is 8.89. The van der Waals surface area contributed by atoms with Crippen molar-refractivity contribution >= 4 is 5.97 Å². The summed E-state index contributed by atoms with van der Waals surface area (Å²) in [5.41, 5.74) is 0. The van der Waals surface area contributed by atoms with Crippen molar-refractivity contribution in [3.63, 3.8) is 0 Å². The maximum absolute atomic E-state index is 11.1. The van der Waals surface area contributed by atoms with Gasteiger partial charge in [0.05, 0.1) is 13.2 Å². The largest absolute Gasteiger partial charge is 0.465 e. The Kier molecular flexibility index (Phi) is 7.25. The van der Waals surface area contributed by atoms with Crippen LogP contribution in [0.5, 0.6) is 0 Å². The van der Waals surface area contributed by atoms with E-state index < -0.39 is 5.09 Å². The van der Waals surface area contributed by atoms with Crippen LogP contribution in [-0.2, 0) is 14.4 Å². The molecule has 0 saturated carbocycles. The number of likely N-dealkylation sites (N-methyl/N-ethyl adjacent to an activating group) is 1. The van der Waals surface area contributed by atoms with E-state index >= 15 is 0 Å². The van der Waals surface area contributed by atoms with E-state index in [9.17, 15) is 14.9 Å². The van der Waals surface area contributed by atoms with Gasteiger partial charge in [0.2, 0.25) is 0 Å². The molecule has 15 heavy (non-hydrogen) atoms. The fourth-order valence-electron chi connectivity index (χ4n) is 0.759. The summed E-state index contributed by atoms with van der Waals surface area (Å²) < 4.78 is 4.87. The van der Waals surface area contributed by atoms with Gasteiger partial charge in [0, 0.05) is 0 Å². The van der Waals surface area contributed by atoms with Crippen LogP contribution in [0.15, 0.2) is 0 Å². The first-order valence-corrected chi connectivity index (χ1v) is 4.69. The molecule has 0 aromatic rings. The molecule has 0 heterocycles. The van der Waals surface area contributed by atoms with Crippen LogP contribution in [0, 0.1) is 10.1 Å². The van der Waals surface area contributed by atoms with Crippen molar-refractivity contribution in [3.8, 4) is 0 Å². The third-order valence-electron chi connectivity index (χ3n) is 1.77. The molecule has 1 N–H and O–H groups in total. The molecule has 1 atom stereocenters. The highest BCUT2D eigenvalue weighted by molar-refractivity contribution is 5.75. The molecule has 0 radical (unpaired) electrons. The monoisotopic (exact) mass is 220 g/mol. The van der Waals surface area contributed by atoms with E-state index in [4.69, 9.17) is 4.74 Å². The lowest BCUT2D eigenvalue weighted by molar-refractivity contribution is -0.757. The maximum Gasteiger partial charge on any atom is 0.322 e. The van der Waals surface area contributed by atoms with Gasteiger partial charge in [-0.3, -0.25) is 4.79 Å². The predicted molar refractivity (Wildman–Crippen MR) is 51.7 cm³/mol. The Bertz CT molecular complexity index is 209. The van der Waals surface area contributed by atoms with Crippen LogP contribution in [0.25, 0.3) is 0 Å². The average Bonchev–Trinajstić information content (AvgIpc) is 2.21. The van der Waals surface area contributed by atoms with Gasteiger partial charge in [-0.15, -0.1) is 10.1 Å². The van der Waals surface area contributed by atoms with Gasteiger partial charge in [-0.1, -0.05) is 0 Å². The van der Waals surface area contributed by atoms with Crippen LogP contribution in [-0.4, -0.2) is 37.4 Å². The van der Waals surface area contributed by atoms with E-state index in [0.717, 1.165) is 0 Å². The molecule has 0 aliphatic heterocycles. The molecule has 88 valence electrons. The molecule has 7 nitrogen and oxygen atoms in total. The minimum absolute atomic E-state index is 0.0339. The first kappa shape index (κ1) is 13.6. The predicted octanol–water partition coefficient (Wildman–Crippen LogP) is 0.126. The molecular formula is C8H16N2O5. The zero-order valence-corrected chi connectivity index (χ0v) is 8.89. The highest BCUT2D eigenvalue weighted by Crippen LogP contribution is 1.94. The lowest BCUT2D eigenvalue weighted by atomic mass is 10.3. The minimum atomic E-state index is -0.838. The Morgan fingerprint density at radius 3 is 2.60 bits per heavy atom. The van der Waals surface area contributed by atoms with Crippen molar-refractivity contribution in [2.24, 2.45) is 0 Å². The quantitative estimate of drug-likeness (QED) is 0.270. The zero-order chi connectivity index (χ0) is 11.7. The Labute approximate surface area is 87.8 Å². The molecule has 7 heteroatoms. The van der Waals surface area contributed by atoms with E-state index in [1.165, 1.54) is 0 Å². The van der Waals surface area contributed by atoms with Crippen molar-refractivity contribution < 1.29 is 19.5 Å². The maximum atomic E-state index is 11.1. The second kappa shape index (κ2) is 7.98. The van der Waals surface area contributed by atoms with E-state index in [0.29, 0.717) is 12.8 Å². The van der Waals surface area contributed by atoms with Gasteiger partial charge < -0.3 is 14.9 Å². The molecule has 0 aliphatic rings. The molecule has 0 rings (SSSR count). The van der Waals surface area contributed by atoms with Crippen molar-refractivity contribution in [2.45, 2.75) is 25.8 Å². The molecule has 1 unspecified atom stereocenters. The summed E-state index contributed by atoms with van der Waals surface area (Å²) in [6, 6.07) is -0.333. The summed E-state index contributed by atoms with van der Waals surface area (Å²) in [4.78, 5) is 24.9. The van der Waals surface area contributed by atoms with Crippen LogP contribution in [0.2, 0.25) is 0 Å². The second-order valence-electron chi connectivity index (χ2n) is 2.94. The number of esters is 1. The van der Waals surface area contributed by atoms with Gasteiger partial charge in [0.15, 0.2) is 0 Å². The van der Waals surface area contributed by atoms with Crippen molar-refractivity contribution in [2.75, 3.05) is 20.3 Å². The SMILES string of the molecule is CNC(C)C(=O)OCCCCO[N+](=O)[O-]. The lowest BCUT2D eigenvalue weighted by Crippen LogP contribution is -2.32. The van der Waals surface area contributed by atoms with Gasteiger partial charge in [-0.2, -0.15) is 0 Å². The van der Waals surface area contributed by atoms with Crippen molar-refractivity contribution in [3.05, 3.63) is 10.1 Å². The summed E-state index contributed by atoms with van der Waals surface area (Å²) >= 11 is 0. The standard InChI is InChI=1S/C8H16N2O5/c1-7(9-2)8(11)14-5-3-4-6-15-10(12)13/h7,9H,3-6H2,1-2H3. The van der Waals surface area contributed by atoms with Crippen LogP contribution < -0.4 is 5.32 Å². The number of hydrogen-bond acceptors (Lipinski definition) is 6. The minimum Gasteiger partial charge on any atom is -0.465 e. The topological polar surface area (TPSA) is 90.7 Å². The first-order chi connectivity index (χ1) is 7.07. The second-order valence-corrected chi connectivity index (χ2v) is 2.94. The number of hydrogen-bond donors (Lipinski definition) is 1. The lowest BCUT2D eigenvalue weighted by Gasteiger charge is -2.09. The summed E-state index contributed by atoms with van der Waals surface area (Å²) in [5, 5.41) is 11.7. The van der Waals surface area contributed by atoms with Crippen LogP contribution in [0.3, 0.4) is 0 Å². The van der Waals surface area contributed by atoms with Crippen molar-refractivity contribution in [1.29, 1.82) is 0 Å². The molecule has 0 aliphatic carbocycles. The van der Waals surface area contributed by atoms with Crippen LogP contribution >= 0.6 is 0 Å². The molecule has 0 aromatic heterocycles. The van der Waals surface area contributed by atoms with E-state index in [2.05, 4.69) is 10.2 Å². The average molecular weight is 220 g/mol. The summed E-state index contributed by atoms with van der Waals surface area (Å²) in [6.45, 7) is 1.98. The van der Waals surface area contributed by atoms with E-state index in [1.807, 2.05) is 0 Å². The van der Waals surface area contributed by atoms with Gasteiger partial charge in [-0.25, -0.2) is 0 Å². The first-order valence-electron chi connectivity index (χ1n) is 4.69. The smallest absolute Gasteiger partial charge is 0.322 e. The molecule has 0 spiro atoms. The molecule has 0 bridgehead atoms. The molecule has 0 fully saturated rings. The third kappa shape index (κ3) is 7.68. The molecule has 0 amide bonds. The van der Waals surface area contributed by atoms with E-state index in [1.54, 1.807) is 14.0 Å². The van der Waals surface area contributed by atoms with Crippen LogP contribution in [0.4, 0.5) is 0 Å². The van der Waals surface area contributed by atoms with Gasteiger partial charge in [0.25, 0.3) is 5.09 Å². The number of ether oxygens (including phenoxy) is 1. The van der Waals surface area contributed by atoms with Gasteiger partial charge in [-0.05, 0) is 26.8 Å². The Morgan fingerprint density at radius 2 is 2.07 bits per heavy atom. The number of carbonyl (C=O) groups is 1. The molecular weight excluding hydrogens is 204 g/mol. The highest BCUT2D eigenvalue weighted by Gasteiger charge is 2.10. The van der Waals surface area contributed by atoms with Gasteiger partial charge in [0.1, 0.15) is 6.04 Å². The Balaban J connectivity index is 3.31. The number of carbonyl (C=O) groups excluding carboxylic acids is 1. The Hall–Kier alpha value is -1.37. The summed E-state index contributed by atoms with van der Waals surface area (Å²) in [7, 11) is 1.66. The summed E-state index contributed by atoms with van der Waals surface area (Å²) in [6.07, 6.45) is 1.04. The van der Waals surface area contributed by atoms with Crippen LogP contribution in [0.1, 0.15) is 19.8 Å². The molecule has 0 saturated heterocycles. The fourth-order valence-corrected chi connectivity index (χ4v) is 0.759. The van der Waals surface area contributed by atoms with E-state index in [-0.39, 0.29) is 25.2 Å². The number of nitrogens with one attached hydrogen (secondary N) is 1. The fraction of sp³-hybridized carbons (Fsp3) is 0.875. The number of nitrogens with zero attached hydrogens (tertiary/aromatic N) is 1. The van der Waals surface area contributed by atoms with Gasteiger partial charge >= 0.3 is 5.97 Å². The Morgan fingerprint density at radius 1 is 1.47 bits per heavy atom. The van der Waals surface area contributed by atoms with Crippen molar-refractivity contribution in [1.82, 2.24) is 5.32 Å². The number of rotatable bonds is 8. The summed E-state index contributed by atoms with van der Waals surface area (Å²) in [5.74, 6) is -0.326. The third-order valence-corrected chi connectivity index (χ3v) is 1.77. The normalized spacial score (nSPS) is 11.9. The highest BCUT2D eigenvalue weighted by atomic mass is 16.9. The number of unbranched alkanes of at least 4 members (excludes halogenated alkanes) is 1.